The molecule has 0 rings (SSSR count). The van der Waals surface area contributed by atoms with E-state index in [1.165, 1.54) is 0 Å². The SMILES string of the molecule is COC(C)(C)CCC(N)COCC(F)(F)F. The number of ether oxygens (including phenoxy) is 2. The summed E-state index contributed by atoms with van der Waals surface area (Å²) >= 11 is 0. The van der Waals surface area contributed by atoms with Gasteiger partial charge in [-0.1, -0.05) is 0 Å². The lowest BCUT2D eigenvalue weighted by Gasteiger charge is -2.24. The smallest absolute Gasteiger partial charge is 0.379 e. The van der Waals surface area contributed by atoms with Crippen LogP contribution in [-0.4, -0.2) is 38.1 Å². The van der Waals surface area contributed by atoms with Gasteiger partial charge in [0.1, 0.15) is 6.61 Å². The Labute approximate surface area is 94.1 Å². The number of methoxy groups -OCH3 is 1. The highest BCUT2D eigenvalue weighted by Crippen LogP contribution is 2.17. The normalized spacial score (nSPS) is 15.2. The van der Waals surface area contributed by atoms with Gasteiger partial charge in [0, 0.05) is 13.2 Å². The molecule has 2 N–H and O–H groups in total. The van der Waals surface area contributed by atoms with Gasteiger partial charge in [-0.3, -0.25) is 0 Å². The first-order valence-corrected chi connectivity index (χ1v) is 5.11. The standard InChI is InChI=1S/C10H20F3NO2/c1-9(2,15-3)5-4-8(14)6-16-7-10(11,12)13/h8H,4-7,14H2,1-3H3. The van der Waals surface area contributed by atoms with Gasteiger partial charge in [-0.2, -0.15) is 13.2 Å². The van der Waals surface area contributed by atoms with Crippen molar-refractivity contribution in [2.75, 3.05) is 20.3 Å². The van der Waals surface area contributed by atoms with Crippen molar-refractivity contribution in [2.24, 2.45) is 5.73 Å². The molecule has 1 unspecified atom stereocenters. The van der Waals surface area contributed by atoms with Crippen LogP contribution in [0.1, 0.15) is 26.7 Å². The molecule has 0 aromatic rings. The summed E-state index contributed by atoms with van der Waals surface area (Å²) in [6.07, 6.45) is -3.04. The van der Waals surface area contributed by atoms with Crippen LogP contribution in [0.4, 0.5) is 13.2 Å². The molecule has 3 nitrogen and oxygen atoms in total. The number of nitrogens with two attached hydrogens (primary N) is 1. The zero-order valence-electron chi connectivity index (χ0n) is 9.93. The van der Waals surface area contributed by atoms with E-state index in [9.17, 15) is 13.2 Å². The van der Waals surface area contributed by atoms with Crippen LogP contribution in [0, 0.1) is 0 Å². The van der Waals surface area contributed by atoms with E-state index in [0.29, 0.717) is 12.8 Å². The van der Waals surface area contributed by atoms with Crippen molar-refractivity contribution in [3.63, 3.8) is 0 Å². The van der Waals surface area contributed by atoms with Gasteiger partial charge in [-0.15, -0.1) is 0 Å². The summed E-state index contributed by atoms with van der Waals surface area (Å²) in [5.74, 6) is 0. The molecule has 0 aliphatic carbocycles. The lowest BCUT2D eigenvalue weighted by atomic mass is 9.99. The summed E-state index contributed by atoms with van der Waals surface area (Å²) in [5.41, 5.74) is 5.31. The highest BCUT2D eigenvalue weighted by Gasteiger charge is 2.27. The second kappa shape index (κ2) is 6.42. The van der Waals surface area contributed by atoms with E-state index in [1.54, 1.807) is 7.11 Å². The molecule has 0 saturated heterocycles. The van der Waals surface area contributed by atoms with E-state index >= 15 is 0 Å². The van der Waals surface area contributed by atoms with E-state index in [-0.39, 0.29) is 12.2 Å². The molecule has 0 aliphatic rings. The van der Waals surface area contributed by atoms with Crippen LogP contribution < -0.4 is 5.73 Å². The van der Waals surface area contributed by atoms with Gasteiger partial charge in [0.15, 0.2) is 0 Å². The van der Waals surface area contributed by atoms with E-state index in [2.05, 4.69) is 4.74 Å². The van der Waals surface area contributed by atoms with Gasteiger partial charge in [0.25, 0.3) is 0 Å². The van der Waals surface area contributed by atoms with E-state index < -0.39 is 18.8 Å². The predicted molar refractivity (Wildman–Crippen MR) is 55.2 cm³/mol. The molecule has 0 radical (unpaired) electrons. The van der Waals surface area contributed by atoms with Gasteiger partial charge in [0.2, 0.25) is 0 Å². The number of hydrogen-bond acceptors (Lipinski definition) is 3. The molecule has 0 aromatic carbocycles. The zero-order chi connectivity index (χ0) is 12.8. The van der Waals surface area contributed by atoms with Gasteiger partial charge in [-0.25, -0.2) is 0 Å². The molecule has 0 fully saturated rings. The fraction of sp³-hybridized carbons (Fsp3) is 1.00. The third kappa shape index (κ3) is 8.94. The molecule has 0 heterocycles. The Hall–Kier alpha value is -0.330. The Balaban J connectivity index is 3.64. The Morgan fingerprint density at radius 2 is 1.81 bits per heavy atom. The Bertz CT molecular complexity index is 195. The number of hydrogen-bond donors (Lipinski definition) is 1. The first-order chi connectivity index (χ1) is 7.16. The van der Waals surface area contributed by atoms with E-state index in [1.807, 2.05) is 13.8 Å². The van der Waals surface area contributed by atoms with Crippen LogP contribution in [0.25, 0.3) is 0 Å². The molecular weight excluding hydrogens is 223 g/mol. The molecule has 0 spiro atoms. The largest absolute Gasteiger partial charge is 0.411 e. The lowest BCUT2D eigenvalue weighted by Crippen LogP contribution is -2.32. The van der Waals surface area contributed by atoms with Crippen LogP contribution in [0.15, 0.2) is 0 Å². The number of rotatable bonds is 7. The third-order valence-electron chi connectivity index (χ3n) is 2.27. The van der Waals surface area contributed by atoms with Crippen LogP contribution in [0.2, 0.25) is 0 Å². The maximum absolute atomic E-state index is 11.7. The summed E-state index contributed by atoms with van der Waals surface area (Å²) in [6.45, 7) is 2.47. The molecule has 0 saturated carbocycles. The summed E-state index contributed by atoms with van der Waals surface area (Å²) in [6, 6.07) is -0.392. The average molecular weight is 243 g/mol. The first kappa shape index (κ1) is 15.7. The quantitative estimate of drug-likeness (QED) is 0.744. The van der Waals surface area contributed by atoms with Gasteiger partial charge >= 0.3 is 6.18 Å². The summed E-state index contributed by atoms with van der Waals surface area (Å²) in [4.78, 5) is 0. The first-order valence-electron chi connectivity index (χ1n) is 5.11. The van der Waals surface area contributed by atoms with Crippen molar-refractivity contribution in [3.05, 3.63) is 0 Å². The Kier molecular flexibility index (Phi) is 6.28. The highest BCUT2D eigenvalue weighted by molar-refractivity contribution is 4.72. The van der Waals surface area contributed by atoms with Crippen LogP contribution in [0.5, 0.6) is 0 Å². The second-order valence-corrected chi connectivity index (χ2v) is 4.39. The maximum atomic E-state index is 11.7. The molecule has 0 aliphatic heterocycles. The number of alkyl halides is 3. The molecular formula is C10H20F3NO2. The summed E-state index contributed by atoms with van der Waals surface area (Å²) < 4.78 is 44.9. The van der Waals surface area contributed by atoms with Crippen LogP contribution in [-0.2, 0) is 9.47 Å². The van der Waals surface area contributed by atoms with Crippen molar-refractivity contribution < 1.29 is 22.6 Å². The monoisotopic (exact) mass is 243 g/mol. The predicted octanol–water partition coefficient (Wildman–Crippen LogP) is 2.10. The fourth-order valence-electron chi connectivity index (χ4n) is 1.04. The Morgan fingerprint density at radius 1 is 1.25 bits per heavy atom. The fourth-order valence-corrected chi connectivity index (χ4v) is 1.04. The minimum atomic E-state index is -4.29. The summed E-state index contributed by atoms with van der Waals surface area (Å²) in [5, 5.41) is 0. The Morgan fingerprint density at radius 3 is 2.25 bits per heavy atom. The third-order valence-corrected chi connectivity index (χ3v) is 2.27. The van der Waals surface area contributed by atoms with Gasteiger partial charge in [0.05, 0.1) is 12.2 Å². The van der Waals surface area contributed by atoms with Crippen LogP contribution in [0.3, 0.4) is 0 Å². The van der Waals surface area contributed by atoms with Crippen molar-refractivity contribution in [3.8, 4) is 0 Å². The molecule has 0 bridgehead atoms. The highest BCUT2D eigenvalue weighted by atomic mass is 19.4. The molecule has 16 heavy (non-hydrogen) atoms. The molecule has 0 amide bonds. The number of halogens is 3. The second-order valence-electron chi connectivity index (χ2n) is 4.39. The lowest BCUT2D eigenvalue weighted by molar-refractivity contribution is -0.175. The zero-order valence-corrected chi connectivity index (χ0v) is 9.93. The van der Waals surface area contributed by atoms with Crippen molar-refractivity contribution in [1.82, 2.24) is 0 Å². The maximum Gasteiger partial charge on any atom is 0.411 e. The van der Waals surface area contributed by atoms with Gasteiger partial charge < -0.3 is 15.2 Å². The van der Waals surface area contributed by atoms with Crippen molar-refractivity contribution in [1.29, 1.82) is 0 Å². The summed E-state index contributed by atoms with van der Waals surface area (Å²) in [7, 11) is 1.59. The molecule has 0 aromatic heterocycles. The van der Waals surface area contributed by atoms with Crippen LogP contribution >= 0.6 is 0 Å². The average Bonchev–Trinajstić information content (AvgIpc) is 2.13. The van der Waals surface area contributed by atoms with Crippen molar-refractivity contribution >= 4 is 0 Å². The van der Waals surface area contributed by atoms with E-state index in [0.717, 1.165) is 0 Å². The topological polar surface area (TPSA) is 44.5 Å². The molecule has 1 atom stereocenters. The minimum absolute atomic E-state index is 0.0840. The molecule has 6 heteroatoms. The minimum Gasteiger partial charge on any atom is -0.379 e. The van der Waals surface area contributed by atoms with E-state index in [4.69, 9.17) is 10.5 Å². The van der Waals surface area contributed by atoms with Crippen molar-refractivity contribution in [2.45, 2.75) is 44.5 Å². The van der Waals surface area contributed by atoms with Gasteiger partial charge in [-0.05, 0) is 26.7 Å². The molecule has 98 valence electrons.